The Balaban J connectivity index is 1.44. The largest absolute Gasteiger partial charge is 0.443 e. The lowest BCUT2D eigenvalue weighted by Gasteiger charge is -2.28. The highest BCUT2D eigenvalue weighted by Crippen LogP contribution is 2.35. The molecule has 0 aromatic heterocycles. The van der Waals surface area contributed by atoms with Crippen LogP contribution < -0.4 is 20.9 Å². The fraction of sp³-hybridized carbons (Fsp3) is 0.467. The summed E-state index contributed by atoms with van der Waals surface area (Å²) >= 11 is 1.51. The van der Waals surface area contributed by atoms with E-state index in [-0.39, 0.29) is 18.1 Å². The lowest BCUT2D eigenvalue weighted by atomic mass is 10.2. The molecular weight excluding hydrogens is 316 g/mol. The maximum Gasteiger partial charge on any atom is 0.414 e. The minimum Gasteiger partial charge on any atom is -0.443 e. The standard InChI is InChI=1S/C15H18N4O3S/c20-14-8-23-13-2-1-10(3-12(13)18-14)19-7-11(22-15(19)21)6-17-9-4-16-5-9/h1-3,9,11,16-17H,4-8H2,(H,18,20)/t11-/m1/s1. The van der Waals surface area contributed by atoms with Crippen molar-refractivity contribution in [3.63, 3.8) is 0 Å². The molecule has 3 aliphatic rings. The molecular formula is C15H18N4O3S. The number of nitrogens with zero attached hydrogens (tertiary/aromatic N) is 1. The molecule has 1 aromatic rings. The molecule has 7 nitrogen and oxygen atoms in total. The molecule has 1 atom stereocenters. The van der Waals surface area contributed by atoms with Crippen molar-refractivity contribution in [1.82, 2.24) is 10.6 Å². The van der Waals surface area contributed by atoms with Crippen LogP contribution in [0, 0.1) is 0 Å². The minimum absolute atomic E-state index is 0.0140. The van der Waals surface area contributed by atoms with E-state index < -0.39 is 0 Å². The van der Waals surface area contributed by atoms with Gasteiger partial charge in [-0.15, -0.1) is 11.8 Å². The zero-order valence-electron chi connectivity index (χ0n) is 12.5. The molecule has 0 spiro atoms. The first-order chi connectivity index (χ1) is 11.2. The Morgan fingerprint density at radius 3 is 3.00 bits per heavy atom. The fourth-order valence-corrected chi connectivity index (χ4v) is 3.60. The maximum atomic E-state index is 12.1. The molecule has 0 radical (unpaired) electrons. The first-order valence-corrected chi connectivity index (χ1v) is 8.66. The van der Waals surface area contributed by atoms with Crippen LogP contribution in [0.5, 0.6) is 0 Å². The minimum atomic E-state index is -0.335. The number of cyclic esters (lactones) is 1. The third-order valence-corrected chi connectivity index (χ3v) is 5.27. The van der Waals surface area contributed by atoms with Gasteiger partial charge in [0.1, 0.15) is 6.10 Å². The van der Waals surface area contributed by atoms with Crippen LogP contribution >= 0.6 is 11.8 Å². The fourth-order valence-electron chi connectivity index (χ4n) is 2.81. The average molecular weight is 334 g/mol. The van der Waals surface area contributed by atoms with Gasteiger partial charge in [0.05, 0.1) is 18.0 Å². The summed E-state index contributed by atoms with van der Waals surface area (Å²) < 4.78 is 5.42. The summed E-state index contributed by atoms with van der Waals surface area (Å²) in [4.78, 5) is 26.3. The molecule has 1 aromatic carbocycles. The van der Waals surface area contributed by atoms with E-state index in [1.165, 1.54) is 11.8 Å². The number of hydrogen-bond acceptors (Lipinski definition) is 6. The molecule has 2 amide bonds. The zero-order chi connectivity index (χ0) is 15.8. The van der Waals surface area contributed by atoms with Gasteiger partial charge in [-0.05, 0) is 18.2 Å². The number of ether oxygens (including phenoxy) is 1. The van der Waals surface area contributed by atoms with E-state index in [4.69, 9.17) is 4.74 Å². The molecule has 122 valence electrons. The Kier molecular flexibility index (Phi) is 3.88. The van der Waals surface area contributed by atoms with Crippen LogP contribution in [0.4, 0.5) is 16.2 Å². The van der Waals surface area contributed by atoms with Gasteiger partial charge in [-0.1, -0.05) is 0 Å². The van der Waals surface area contributed by atoms with Gasteiger partial charge in [-0.3, -0.25) is 9.69 Å². The van der Waals surface area contributed by atoms with Crippen LogP contribution in [-0.2, 0) is 9.53 Å². The molecule has 2 fully saturated rings. The lowest BCUT2D eigenvalue weighted by Crippen LogP contribution is -2.56. The lowest BCUT2D eigenvalue weighted by molar-refractivity contribution is -0.113. The monoisotopic (exact) mass is 334 g/mol. The van der Waals surface area contributed by atoms with Gasteiger partial charge < -0.3 is 20.7 Å². The normalized spacial score (nSPS) is 24.0. The number of benzene rings is 1. The summed E-state index contributed by atoms with van der Waals surface area (Å²) in [5.41, 5.74) is 1.52. The number of thioether (sulfide) groups is 1. The highest BCUT2D eigenvalue weighted by molar-refractivity contribution is 8.00. The number of carbonyl (C=O) groups is 2. The second kappa shape index (κ2) is 6.03. The molecule has 0 saturated carbocycles. The Hall–Kier alpha value is -1.77. The third-order valence-electron chi connectivity index (χ3n) is 4.20. The van der Waals surface area contributed by atoms with Crippen molar-refractivity contribution < 1.29 is 14.3 Å². The van der Waals surface area contributed by atoms with Gasteiger partial charge in [0.2, 0.25) is 5.91 Å². The molecule has 4 rings (SSSR count). The second-order valence-electron chi connectivity index (χ2n) is 5.90. The average Bonchev–Trinajstić information content (AvgIpc) is 2.86. The zero-order valence-corrected chi connectivity index (χ0v) is 13.3. The summed E-state index contributed by atoms with van der Waals surface area (Å²) in [5, 5.41) is 9.43. The molecule has 3 N–H and O–H groups in total. The number of fused-ring (bicyclic) bond motifs is 1. The summed E-state index contributed by atoms with van der Waals surface area (Å²) in [6.45, 7) is 3.11. The van der Waals surface area contributed by atoms with Crippen LogP contribution in [0.1, 0.15) is 0 Å². The van der Waals surface area contributed by atoms with E-state index in [1.807, 2.05) is 18.2 Å². The number of nitrogens with one attached hydrogen (secondary N) is 3. The van der Waals surface area contributed by atoms with Crippen molar-refractivity contribution in [2.75, 3.05) is 42.1 Å². The number of carbonyl (C=O) groups excluding carboxylic acids is 2. The Morgan fingerprint density at radius 1 is 1.35 bits per heavy atom. The van der Waals surface area contributed by atoms with E-state index in [1.54, 1.807) is 4.90 Å². The summed E-state index contributed by atoms with van der Waals surface area (Å²) in [5.74, 6) is 0.418. The first kappa shape index (κ1) is 14.8. The molecule has 3 heterocycles. The maximum absolute atomic E-state index is 12.1. The Bertz CT molecular complexity index is 650. The second-order valence-corrected chi connectivity index (χ2v) is 6.91. The van der Waals surface area contributed by atoms with E-state index in [9.17, 15) is 9.59 Å². The number of rotatable bonds is 4. The van der Waals surface area contributed by atoms with Gasteiger partial charge in [0.25, 0.3) is 0 Å². The molecule has 3 aliphatic heterocycles. The molecule has 0 bridgehead atoms. The third kappa shape index (κ3) is 3.01. The molecule has 8 heteroatoms. The van der Waals surface area contributed by atoms with Crippen molar-refractivity contribution in [1.29, 1.82) is 0 Å². The van der Waals surface area contributed by atoms with Crippen LogP contribution in [0.3, 0.4) is 0 Å². The van der Waals surface area contributed by atoms with Crippen LogP contribution in [-0.4, -0.2) is 56.1 Å². The van der Waals surface area contributed by atoms with Gasteiger partial charge in [0.15, 0.2) is 0 Å². The SMILES string of the molecule is O=C1CSc2ccc(N3C[C@@H](CNC4CNC4)OC3=O)cc2N1. The molecule has 0 aliphatic carbocycles. The first-order valence-electron chi connectivity index (χ1n) is 7.68. The van der Waals surface area contributed by atoms with E-state index in [2.05, 4.69) is 16.0 Å². The van der Waals surface area contributed by atoms with Crippen molar-refractivity contribution >= 4 is 35.1 Å². The van der Waals surface area contributed by atoms with Crippen molar-refractivity contribution in [3.8, 4) is 0 Å². The molecule has 0 unspecified atom stereocenters. The van der Waals surface area contributed by atoms with E-state index in [0.29, 0.717) is 24.9 Å². The van der Waals surface area contributed by atoms with Crippen molar-refractivity contribution in [2.45, 2.75) is 17.0 Å². The van der Waals surface area contributed by atoms with Crippen molar-refractivity contribution in [2.24, 2.45) is 0 Å². The summed E-state index contributed by atoms with van der Waals surface area (Å²) in [7, 11) is 0. The van der Waals surface area contributed by atoms with Crippen LogP contribution in [0.15, 0.2) is 23.1 Å². The quantitative estimate of drug-likeness (QED) is 0.749. The topological polar surface area (TPSA) is 82.7 Å². The van der Waals surface area contributed by atoms with Crippen LogP contribution in [0.25, 0.3) is 0 Å². The van der Waals surface area contributed by atoms with Gasteiger partial charge in [-0.25, -0.2) is 4.79 Å². The summed E-state index contributed by atoms with van der Waals surface area (Å²) in [6, 6.07) is 6.15. The highest BCUT2D eigenvalue weighted by Gasteiger charge is 2.33. The number of anilines is 2. The smallest absolute Gasteiger partial charge is 0.414 e. The number of hydrogen-bond donors (Lipinski definition) is 3. The van der Waals surface area contributed by atoms with Gasteiger partial charge in [0, 0.05) is 36.3 Å². The Labute approximate surface area is 138 Å². The van der Waals surface area contributed by atoms with Crippen molar-refractivity contribution in [3.05, 3.63) is 18.2 Å². The highest BCUT2D eigenvalue weighted by atomic mass is 32.2. The number of amides is 2. The predicted octanol–water partition coefficient (Wildman–Crippen LogP) is 0.617. The van der Waals surface area contributed by atoms with Crippen LogP contribution in [0.2, 0.25) is 0 Å². The van der Waals surface area contributed by atoms with Gasteiger partial charge >= 0.3 is 6.09 Å². The van der Waals surface area contributed by atoms with E-state index in [0.717, 1.165) is 29.4 Å². The Morgan fingerprint density at radius 2 is 2.22 bits per heavy atom. The van der Waals surface area contributed by atoms with Gasteiger partial charge in [-0.2, -0.15) is 0 Å². The molecule has 2 saturated heterocycles. The predicted molar refractivity (Wildman–Crippen MR) is 88.1 cm³/mol. The van der Waals surface area contributed by atoms with E-state index >= 15 is 0 Å². The summed E-state index contributed by atoms with van der Waals surface area (Å²) in [6.07, 6.45) is -0.485. The molecule has 23 heavy (non-hydrogen) atoms.